The molecule has 124 valence electrons. The first-order valence-electron chi connectivity index (χ1n) is 7.43. The fourth-order valence-corrected chi connectivity index (χ4v) is 2.75. The normalized spacial score (nSPS) is 19.5. The van der Waals surface area contributed by atoms with Crippen LogP contribution < -0.4 is 0 Å². The number of carbonyl (C=O) groups excluding carboxylic acids is 1. The lowest BCUT2D eigenvalue weighted by Gasteiger charge is -2.32. The molecule has 0 saturated heterocycles. The average molecular weight is 340 g/mol. The zero-order chi connectivity index (χ0) is 17.1. The van der Waals surface area contributed by atoms with Gasteiger partial charge < -0.3 is 10.0 Å². The number of halogens is 2. The molecule has 0 fully saturated rings. The highest BCUT2D eigenvalue weighted by Gasteiger charge is 2.38. The molecule has 2 rings (SSSR count). The number of carboxylic acid groups (broad SMARTS) is 1. The maximum atomic E-state index is 13.3. The number of amides is 1. The molecule has 0 spiro atoms. The Morgan fingerprint density at radius 1 is 1.30 bits per heavy atom. The SMILES string of the molecule is CC(C)CN(Cc1ccc(F)c(Cl)c1)C(=O)[C@@H]1C=C[C@@H]1C(=O)O. The second kappa shape index (κ2) is 7.13. The van der Waals surface area contributed by atoms with Gasteiger partial charge >= 0.3 is 5.97 Å². The smallest absolute Gasteiger partial charge is 0.311 e. The van der Waals surface area contributed by atoms with Crippen LogP contribution in [0.3, 0.4) is 0 Å². The van der Waals surface area contributed by atoms with Crippen LogP contribution in [-0.2, 0) is 16.1 Å². The second-order valence-corrected chi connectivity index (χ2v) is 6.54. The summed E-state index contributed by atoms with van der Waals surface area (Å²) in [7, 11) is 0. The summed E-state index contributed by atoms with van der Waals surface area (Å²) in [5.74, 6) is -2.92. The predicted octanol–water partition coefficient (Wildman–Crippen LogP) is 3.35. The Kier molecular flexibility index (Phi) is 5.42. The number of rotatable bonds is 6. The molecule has 6 heteroatoms. The van der Waals surface area contributed by atoms with E-state index < -0.39 is 23.6 Å². The molecule has 1 aliphatic rings. The third-order valence-corrected chi connectivity index (χ3v) is 4.03. The Bertz CT molecular complexity index is 645. The number of carbonyl (C=O) groups is 2. The van der Waals surface area contributed by atoms with Gasteiger partial charge in [-0.25, -0.2) is 4.39 Å². The molecule has 1 aromatic carbocycles. The summed E-state index contributed by atoms with van der Waals surface area (Å²) in [6, 6.07) is 4.33. The van der Waals surface area contributed by atoms with Crippen LogP contribution in [0, 0.1) is 23.6 Å². The summed E-state index contributed by atoms with van der Waals surface area (Å²) < 4.78 is 13.3. The van der Waals surface area contributed by atoms with Crippen molar-refractivity contribution in [3.8, 4) is 0 Å². The van der Waals surface area contributed by atoms with Gasteiger partial charge in [-0.2, -0.15) is 0 Å². The second-order valence-electron chi connectivity index (χ2n) is 6.14. The molecule has 0 bridgehead atoms. The topological polar surface area (TPSA) is 57.6 Å². The first-order chi connectivity index (χ1) is 10.8. The van der Waals surface area contributed by atoms with E-state index in [0.717, 1.165) is 0 Å². The van der Waals surface area contributed by atoms with Crippen LogP contribution in [0.15, 0.2) is 30.4 Å². The summed E-state index contributed by atoms with van der Waals surface area (Å²) in [6.07, 6.45) is 3.14. The summed E-state index contributed by atoms with van der Waals surface area (Å²) in [6.45, 7) is 4.71. The van der Waals surface area contributed by atoms with Gasteiger partial charge in [0.15, 0.2) is 0 Å². The van der Waals surface area contributed by atoms with E-state index in [2.05, 4.69) is 0 Å². The van der Waals surface area contributed by atoms with Crippen molar-refractivity contribution in [2.45, 2.75) is 20.4 Å². The Hall–Kier alpha value is -1.88. The van der Waals surface area contributed by atoms with Gasteiger partial charge in [0.05, 0.1) is 16.9 Å². The first-order valence-corrected chi connectivity index (χ1v) is 7.81. The third kappa shape index (κ3) is 4.10. The van der Waals surface area contributed by atoms with Gasteiger partial charge in [-0.1, -0.05) is 43.7 Å². The van der Waals surface area contributed by atoms with Crippen molar-refractivity contribution in [1.29, 1.82) is 0 Å². The number of carboxylic acids is 1. The van der Waals surface area contributed by atoms with Crippen molar-refractivity contribution in [3.63, 3.8) is 0 Å². The number of nitrogens with zero attached hydrogens (tertiary/aromatic N) is 1. The van der Waals surface area contributed by atoms with Crippen LogP contribution in [0.1, 0.15) is 19.4 Å². The highest BCUT2D eigenvalue weighted by Crippen LogP contribution is 2.29. The maximum Gasteiger partial charge on any atom is 0.311 e. The molecule has 0 radical (unpaired) electrons. The van der Waals surface area contributed by atoms with Crippen molar-refractivity contribution >= 4 is 23.5 Å². The van der Waals surface area contributed by atoms with Crippen molar-refractivity contribution in [3.05, 3.63) is 46.8 Å². The van der Waals surface area contributed by atoms with E-state index in [4.69, 9.17) is 16.7 Å². The Labute approximate surface area is 139 Å². The molecule has 0 unspecified atom stereocenters. The zero-order valence-corrected chi connectivity index (χ0v) is 13.8. The van der Waals surface area contributed by atoms with Gasteiger partial charge in [0, 0.05) is 13.1 Å². The Balaban J connectivity index is 2.16. The van der Waals surface area contributed by atoms with Gasteiger partial charge in [0.2, 0.25) is 5.91 Å². The van der Waals surface area contributed by atoms with E-state index in [1.165, 1.54) is 18.2 Å². The summed E-state index contributed by atoms with van der Waals surface area (Å²) in [5.41, 5.74) is 0.709. The molecule has 4 nitrogen and oxygen atoms in total. The molecule has 1 aromatic rings. The minimum absolute atomic E-state index is 0.00592. The molecule has 1 amide bonds. The summed E-state index contributed by atoms with van der Waals surface area (Å²) >= 11 is 5.78. The van der Waals surface area contributed by atoms with E-state index in [1.54, 1.807) is 17.0 Å². The van der Waals surface area contributed by atoms with Gasteiger partial charge in [-0.15, -0.1) is 0 Å². The van der Waals surface area contributed by atoms with Crippen LogP contribution in [0.2, 0.25) is 5.02 Å². The zero-order valence-electron chi connectivity index (χ0n) is 13.0. The lowest BCUT2D eigenvalue weighted by atomic mass is 9.81. The minimum atomic E-state index is -1.000. The molecular formula is C17H19ClFNO3. The lowest BCUT2D eigenvalue weighted by molar-refractivity contribution is -0.148. The van der Waals surface area contributed by atoms with E-state index in [0.29, 0.717) is 12.1 Å². The van der Waals surface area contributed by atoms with Crippen LogP contribution in [0.4, 0.5) is 4.39 Å². The number of aliphatic carboxylic acids is 1. The van der Waals surface area contributed by atoms with Gasteiger partial charge in [-0.05, 0) is 23.6 Å². The third-order valence-electron chi connectivity index (χ3n) is 3.74. The summed E-state index contributed by atoms with van der Waals surface area (Å²) in [4.78, 5) is 25.3. The van der Waals surface area contributed by atoms with Crippen molar-refractivity contribution < 1.29 is 19.1 Å². The molecule has 0 saturated carbocycles. The molecule has 2 atom stereocenters. The predicted molar refractivity (Wildman–Crippen MR) is 85.4 cm³/mol. The average Bonchev–Trinajstić information content (AvgIpc) is 2.39. The molecular weight excluding hydrogens is 321 g/mol. The van der Waals surface area contributed by atoms with E-state index >= 15 is 0 Å². The van der Waals surface area contributed by atoms with Crippen LogP contribution in [0.5, 0.6) is 0 Å². The molecule has 0 aliphatic heterocycles. The van der Waals surface area contributed by atoms with E-state index in [1.807, 2.05) is 13.8 Å². The van der Waals surface area contributed by atoms with Gasteiger partial charge in [0.25, 0.3) is 0 Å². The number of benzene rings is 1. The maximum absolute atomic E-state index is 13.3. The molecule has 0 aromatic heterocycles. The van der Waals surface area contributed by atoms with Gasteiger partial charge in [0.1, 0.15) is 5.82 Å². The monoisotopic (exact) mass is 339 g/mol. The standard InChI is InChI=1S/C17H19ClFNO3/c1-10(2)8-20(9-11-3-6-15(19)14(18)7-11)16(21)12-4-5-13(12)17(22)23/h3-7,10,12-13H,8-9H2,1-2H3,(H,22,23)/t12-,13+/m1/s1. The minimum Gasteiger partial charge on any atom is -0.481 e. The molecule has 0 heterocycles. The van der Waals surface area contributed by atoms with E-state index in [-0.39, 0.29) is 23.4 Å². The molecule has 1 aliphatic carbocycles. The molecule has 1 N–H and O–H groups in total. The van der Waals surface area contributed by atoms with Gasteiger partial charge in [-0.3, -0.25) is 9.59 Å². The Morgan fingerprint density at radius 3 is 2.43 bits per heavy atom. The molecule has 23 heavy (non-hydrogen) atoms. The largest absolute Gasteiger partial charge is 0.481 e. The fourth-order valence-electron chi connectivity index (χ4n) is 2.55. The highest BCUT2D eigenvalue weighted by molar-refractivity contribution is 6.30. The van der Waals surface area contributed by atoms with Crippen LogP contribution in [-0.4, -0.2) is 28.4 Å². The van der Waals surface area contributed by atoms with Crippen LogP contribution in [0.25, 0.3) is 0 Å². The number of hydrogen-bond donors (Lipinski definition) is 1. The summed E-state index contributed by atoms with van der Waals surface area (Å²) in [5, 5.41) is 9.10. The van der Waals surface area contributed by atoms with Crippen molar-refractivity contribution in [1.82, 2.24) is 4.90 Å². The fraction of sp³-hybridized carbons (Fsp3) is 0.412. The quantitative estimate of drug-likeness (QED) is 0.809. The first kappa shape index (κ1) is 17.5. The lowest BCUT2D eigenvalue weighted by Crippen LogP contribution is -2.44. The number of hydrogen-bond acceptors (Lipinski definition) is 2. The van der Waals surface area contributed by atoms with Crippen molar-refractivity contribution in [2.24, 2.45) is 17.8 Å². The van der Waals surface area contributed by atoms with Crippen molar-refractivity contribution in [2.75, 3.05) is 6.54 Å². The highest BCUT2D eigenvalue weighted by atomic mass is 35.5. The van der Waals surface area contributed by atoms with E-state index in [9.17, 15) is 14.0 Å². The van der Waals surface area contributed by atoms with Crippen LogP contribution >= 0.6 is 11.6 Å². The Morgan fingerprint density at radius 2 is 1.96 bits per heavy atom.